The van der Waals surface area contributed by atoms with Crippen molar-refractivity contribution in [2.24, 2.45) is 0 Å². The van der Waals surface area contributed by atoms with Gasteiger partial charge in [-0.15, -0.1) is 5.10 Å². The molecule has 0 saturated carbocycles. The molecule has 6 heteroatoms. The van der Waals surface area contributed by atoms with Gasteiger partial charge in [0.2, 0.25) is 0 Å². The molecule has 1 amide bonds. The largest absolute Gasteiger partial charge is 0.337 e. The van der Waals surface area contributed by atoms with Crippen LogP contribution in [-0.4, -0.2) is 52.0 Å². The lowest BCUT2D eigenvalue weighted by molar-refractivity contribution is 0.0717. The summed E-state index contributed by atoms with van der Waals surface area (Å²) in [6.45, 7) is 6.20. The van der Waals surface area contributed by atoms with Gasteiger partial charge in [-0.2, -0.15) is 0 Å². The fourth-order valence-corrected chi connectivity index (χ4v) is 2.81. The number of hydrogen-bond donors (Lipinski definition) is 1. The summed E-state index contributed by atoms with van der Waals surface area (Å²) >= 11 is 0. The predicted octanol–water partition coefficient (Wildman–Crippen LogP) is 1.46. The zero-order valence-corrected chi connectivity index (χ0v) is 12.7. The topological polar surface area (TPSA) is 63.1 Å². The van der Waals surface area contributed by atoms with E-state index in [1.54, 1.807) is 11.1 Å². The molecule has 2 rings (SSSR count). The minimum Gasteiger partial charge on any atom is -0.337 e. The standard InChI is InChI=1S/C14H25N5O/c1-4-11(5-2)18(3)14(20)13-10-19(17-16-13)12-6-8-15-9-7-12/h10-12,15H,4-9H2,1-3H3. The normalized spacial score (nSPS) is 16.6. The van der Waals surface area contributed by atoms with E-state index in [-0.39, 0.29) is 11.9 Å². The molecule has 0 bridgehead atoms. The van der Waals surface area contributed by atoms with E-state index in [1.165, 1.54) is 0 Å². The molecule has 1 aliphatic rings. The molecular weight excluding hydrogens is 254 g/mol. The highest BCUT2D eigenvalue weighted by Crippen LogP contribution is 2.18. The van der Waals surface area contributed by atoms with Crippen LogP contribution >= 0.6 is 0 Å². The number of rotatable bonds is 5. The van der Waals surface area contributed by atoms with Crippen LogP contribution in [0.5, 0.6) is 0 Å². The van der Waals surface area contributed by atoms with Gasteiger partial charge in [-0.1, -0.05) is 19.1 Å². The smallest absolute Gasteiger partial charge is 0.276 e. The quantitative estimate of drug-likeness (QED) is 0.886. The van der Waals surface area contributed by atoms with Crippen LogP contribution in [0.4, 0.5) is 0 Å². The molecule has 20 heavy (non-hydrogen) atoms. The van der Waals surface area contributed by atoms with Crippen molar-refractivity contribution >= 4 is 5.91 Å². The molecule has 1 fully saturated rings. The number of carbonyl (C=O) groups excluding carboxylic acids is 1. The van der Waals surface area contributed by atoms with Gasteiger partial charge in [0.1, 0.15) is 0 Å². The van der Waals surface area contributed by atoms with Gasteiger partial charge in [0, 0.05) is 13.1 Å². The van der Waals surface area contributed by atoms with E-state index in [9.17, 15) is 4.79 Å². The summed E-state index contributed by atoms with van der Waals surface area (Å²) in [5, 5.41) is 11.5. The summed E-state index contributed by atoms with van der Waals surface area (Å²) in [4.78, 5) is 14.2. The minimum atomic E-state index is -0.0288. The van der Waals surface area contributed by atoms with Crippen molar-refractivity contribution in [1.82, 2.24) is 25.2 Å². The fourth-order valence-electron chi connectivity index (χ4n) is 2.81. The summed E-state index contributed by atoms with van der Waals surface area (Å²) in [5.41, 5.74) is 0.456. The summed E-state index contributed by atoms with van der Waals surface area (Å²) in [7, 11) is 1.85. The predicted molar refractivity (Wildman–Crippen MR) is 77.6 cm³/mol. The number of aromatic nitrogens is 3. The van der Waals surface area contributed by atoms with Crippen LogP contribution in [0.15, 0.2) is 6.20 Å². The second-order valence-corrected chi connectivity index (χ2v) is 5.45. The molecular formula is C14H25N5O. The number of nitrogens with zero attached hydrogens (tertiary/aromatic N) is 4. The summed E-state index contributed by atoms with van der Waals surface area (Å²) in [6, 6.07) is 0.635. The highest BCUT2D eigenvalue weighted by molar-refractivity contribution is 5.91. The molecule has 1 N–H and O–H groups in total. The Balaban J connectivity index is 2.05. The number of hydrogen-bond acceptors (Lipinski definition) is 4. The summed E-state index contributed by atoms with van der Waals surface area (Å²) in [6.07, 6.45) is 5.80. The third-order valence-corrected chi connectivity index (χ3v) is 4.22. The Morgan fingerprint density at radius 2 is 2.10 bits per heavy atom. The van der Waals surface area contributed by atoms with Crippen molar-refractivity contribution < 1.29 is 4.79 Å². The second kappa shape index (κ2) is 6.83. The number of amides is 1. The molecule has 0 spiro atoms. The molecule has 0 aromatic carbocycles. The molecule has 112 valence electrons. The Morgan fingerprint density at radius 1 is 1.45 bits per heavy atom. The fraction of sp³-hybridized carbons (Fsp3) is 0.786. The summed E-state index contributed by atoms with van der Waals surface area (Å²) in [5.74, 6) is -0.0288. The van der Waals surface area contributed by atoms with E-state index < -0.39 is 0 Å². The molecule has 0 unspecified atom stereocenters. The van der Waals surface area contributed by atoms with E-state index in [2.05, 4.69) is 29.5 Å². The van der Waals surface area contributed by atoms with Crippen molar-refractivity contribution in [2.75, 3.05) is 20.1 Å². The van der Waals surface area contributed by atoms with Gasteiger partial charge in [-0.3, -0.25) is 4.79 Å². The maximum absolute atomic E-state index is 12.4. The molecule has 1 aromatic heterocycles. The van der Waals surface area contributed by atoms with Crippen LogP contribution < -0.4 is 5.32 Å². The maximum atomic E-state index is 12.4. The van der Waals surface area contributed by atoms with E-state index in [4.69, 9.17) is 0 Å². The third kappa shape index (κ3) is 3.17. The van der Waals surface area contributed by atoms with Crippen molar-refractivity contribution in [3.05, 3.63) is 11.9 Å². The Morgan fingerprint density at radius 3 is 2.70 bits per heavy atom. The van der Waals surface area contributed by atoms with Crippen molar-refractivity contribution in [1.29, 1.82) is 0 Å². The van der Waals surface area contributed by atoms with Crippen LogP contribution in [0.2, 0.25) is 0 Å². The zero-order chi connectivity index (χ0) is 14.5. The monoisotopic (exact) mass is 279 g/mol. The Kier molecular flexibility index (Phi) is 5.11. The Bertz CT molecular complexity index is 435. The number of piperidine rings is 1. The van der Waals surface area contributed by atoms with Gasteiger partial charge in [-0.25, -0.2) is 4.68 Å². The highest BCUT2D eigenvalue weighted by Gasteiger charge is 2.23. The van der Waals surface area contributed by atoms with Gasteiger partial charge in [0.05, 0.1) is 12.2 Å². The van der Waals surface area contributed by atoms with Crippen molar-refractivity contribution in [2.45, 2.75) is 51.6 Å². The first-order valence-corrected chi connectivity index (χ1v) is 7.57. The lowest BCUT2D eigenvalue weighted by Gasteiger charge is -2.25. The Hall–Kier alpha value is -1.43. The van der Waals surface area contributed by atoms with Crippen LogP contribution in [0, 0.1) is 0 Å². The highest BCUT2D eigenvalue weighted by atomic mass is 16.2. The SMILES string of the molecule is CCC(CC)N(C)C(=O)c1cn(C2CCNCC2)nn1. The Labute approximate surface area is 120 Å². The molecule has 0 aliphatic carbocycles. The van der Waals surface area contributed by atoms with Gasteiger partial charge >= 0.3 is 0 Å². The molecule has 6 nitrogen and oxygen atoms in total. The van der Waals surface area contributed by atoms with Crippen LogP contribution in [0.25, 0.3) is 0 Å². The molecule has 1 saturated heterocycles. The maximum Gasteiger partial charge on any atom is 0.276 e. The van der Waals surface area contributed by atoms with Gasteiger partial charge < -0.3 is 10.2 Å². The minimum absolute atomic E-state index is 0.0288. The molecule has 1 aliphatic heterocycles. The molecule has 0 atom stereocenters. The third-order valence-electron chi connectivity index (χ3n) is 4.22. The van der Waals surface area contributed by atoms with E-state index in [0.29, 0.717) is 11.7 Å². The van der Waals surface area contributed by atoms with E-state index >= 15 is 0 Å². The molecule has 0 radical (unpaired) electrons. The summed E-state index contributed by atoms with van der Waals surface area (Å²) < 4.78 is 1.86. The molecule has 1 aromatic rings. The van der Waals surface area contributed by atoms with E-state index in [0.717, 1.165) is 38.8 Å². The van der Waals surface area contributed by atoms with Gasteiger partial charge in [0.25, 0.3) is 5.91 Å². The first kappa shape index (κ1) is 15.0. The zero-order valence-electron chi connectivity index (χ0n) is 12.7. The van der Waals surface area contributed by atoms with Crippen molar-refractivity contribution in [3.63, 3.8) is 0 Å². The first-order chi connectivity index (χ1) is 9.67. The van der Waals surface area contributed by atoms with Crippen molar-refractivity contribution in [3.8, 4) is 0 Å². The van der Waals surface area contributed by atoms with Crippen LogP contribution in [0.3, 0.4) is 0 Å². The second-order valence-electron chi connectivity index (χ2n) is 5.45. The number of nitrogens with one attached hydrogen (secondary N) is 1. The van der Waals surface area contributed by atoms with Gasteiger partial charge in [0.15, 0.2) is 5.69 Å². The average molecular weight is 279 g/mol. The lowest BCUT2D eigenvalue weighted by atomic mass is 10.1. The number of carbonyl (C=O) groups is 1. The van der Waals surface area contributed by atoms with Crippen LogP contribution in [0.1, 0.15) is 56.1 Å². The first-order valence-electron chi connectivity index (χ1n) is 7.57. The van der Waals surface area contributed by atoms with Gasteiger partial charge in [-0.05, 0) is 38.8 Å². The van der Waals surface area contributed by atoms with Crippen LogP contribution in [-0.2, 0) is 0 Å². The average Bonchev–Trinajstić information content (AvgIpc) is 2.98. The lowest BCUT2D eigenvalue weighted by Crippen LogP contribution is -2.36. The molecule has 2 heterocycles. The van der Waals surface area contributed by atoms with E-state index in [1.807, 2.05) is 11.7 Å².